The van der Waals surface area contributed by atoms with Gasteiger partial charge in [0.2, 0.25) is 0 Å². The predicted octanol–water partition coefficient (Wildman–Crippen LogP) is 2.81. The van der Waals surface area contributed by atoms with Crippen molar-refractivity contribution >= 4 is 11.6 Å². The van der Waals surface area contributed by atoms with Crippen LogP contribution in [0.5, 0.6) is 0 Å². The van der Waals surface area contributed by atoms with Crippen LogP contribution in [-0.2, 0) is 11.2 Å². The minimum absolute atomic E-state index is 0.0367. The maximum absolute atomic E-state index is 13.4. The van der Waals surface area contributed by atoms with Crippen LogP contribution >= 0.6 is 11.6 Å². The molecule has 0 fully saturated rings. The molecule has 0 bridgehead atoms. The van der Waals surface area contributed by atoms with Crippen molar-refractivity contribution in [2.75, 3.05) is 7.11 Å². The minimum atomic E-state index is -0.606. The Balaban J connectivity index is 2.59. The summed E-state index contributed by atoms with van der Waals surface area (Å²) in [4.78, 5) is 0. The largest absolute Gasteiger partial charge is 0.393 e. The third kappa shape index (κ3) is 4.08. The van der Waals surface area contributed by atoms with Gasteiger partial charge in [-0.05, 0) is 31.0 Å². The standard InChI is InChI=1S/C12H16ClFO2/c1-8(16-2)5-11(15)6-9-3-4-10(13)7-12(9)14/h3-4,7-8,11,15H,5-6H2,1-2H3. The third-order valence-corrected chi connectivity index (χ3v) is 2.71. The summed E-state index contributed by atoms with van der Waals surface area (Å²) in [5.74, 6) is -0.378. The SMILES string of the molecule is COC(C)CC(O)Cc1ccc(Cl)cc1F. The van der Waals surface area contributed by atoms with Crippen LogP contribution in [-0.4, -0.2) is 24.4 Å². The number of methoxy groups -OCH3 is 1. The lowest BCUT2D eigenvalue weighted by atomic mass is 10.0. The number of halogens is 2. The van der Waals surface area contributed by atoms with Crippen molar-refractivity contribution in [3.8, 4) is 0 Å². The molecule has 0 heterocycles. The molecular weight excluding hydrogens is 231 g/mol. The van der Waals surface area contributed by atoms with Crippen LogP contribution < -0.4 is 0 Å². The van der Waals surface area contributed by atoms with Gasteiger partial charge >= 0.3 is 0 Å². The van der Waals surface area contributed by atoms with E-state index in [1.165, 1.54) is 6.07 Å². The molecule has 1 aromatic carbocycles. The molecule has 4 heteroatoms. The molecule has 0 aliphatic heterocycles. The highest BCUT2D eigenvalue weighted by Crippen LogP contribution is 2.17. The quantitative estimate of drug-likeness (QED) is 0.866. The van der Waals surface area contributed by atoms with E-state index >= 15 is 0 Å². The van der Waals surface area contributed by atoms with Crippen molar-refractivity contribution in [1.82, 2.24) is 0 Å². The molecule has 0 aliphatic rings. The second kappa shape index (κ2) is 6.18. The van der Waals surface area contributed by atoms with Gasteiger partial charge in [-0.2, -0.15) is 0 Å². The summed E-state index contributed by atoms with van der Waals surface area (Å²) in [7, 11) is 1.58. The Morgan fingerprint density at radius 1 is 1.50 bits per heavy atom. The van der Waals surface area contributed by atoms with Crippen molar-refractivity contribution in [1.29, 1.82) is 0 Å². The molecule has 90 valence electrons. The molecule has 0 aliphatic carbocycles. The first-order chi connectivity index (χ1) is 7.52. The van der Waals surface area contributed by atoms with Crippen LogP contribution in [0.2, 0.25) is 5.02 Å². The normalized spacial score (nSPS) is 14.8. The fraction of sp³-hybridized carbons (Fsp3) is 0.500. The average molecular weight is 247 g/mol. The van der Waals surface area contributed by atoms with Crippen LogP contribution in [0.1, 0.15) is 18.9 Å². The van der Waals surface area contributed by atoms with Crippen molar-refractivity contribution in [2.24, 2.45) is 0 Å². The monoisotopic (exact) mass is 246 g/mol. The van der Waals surface area contributed by atoms with Gasteiger partial charge in [-0.25, -0.2) is 4.39 Å². The molecule has 0 saturated heterocycles. The lowest BCUT2D eigenvalue weighted by Crippen LogP contribution is -2.19. The van der Waals surface area contributed by atoms with Gasteiger partial charge < -0.3 is 9.84 Å². The molecule has 0 aromatic heterocycles. The molecule has 1 N–H and O–H groups in total. The van der Waals surface area contributed by atoms with Crippen LogP contribution in [0.4, 0.5) is 4.39 Å². The Labute approximate surface area is 100.0 Å². The zero-order valence-electron chi connectivity index (χ0n) is 9.41. The summed E-state index contributed by atoms with van der Waals surface area (Å²) in [6.07, 6.45) is 0.117. The molecular formula is C12H16ClFO2. The number of ether oxygens (including phenoxy) is 1. The highest BCUT2D eigenvalue weighted by molar-refractivity contribution is 6.30. The second-order valence-corrected chi connectivity index (χ2v) is 4.31. The van der Waals surface area contributed by atoms with Gasteiger partial charge in [0.1, 0.15) is 5.82 Å². The molecule has 0 radical (unpaired) electrons. The van der Waals surface area contributed by atoms with E-state index in [4.69, 9.17) is 16.3 Å². The fourth-order valence-electron chi connectivity index (χ4n) is 1.50. The van der Waals surface area contributed by atoms with Gasteiger partial charge in [-0.3, -0.25) is 0 Å². The summed E-state index contributed by atoms with van der Waals surface area (Å²) in [6, 6.07) is 4.47. The Kier molecular flexibility index (Phi) is 5.19. The van der Waals surface area contributed by atoms with E-state index < -0.39 is 6.10 Å². The molecule has 0 amide bonds. The lowest BCUT2D eigenvalue weighted by Gasteiger charge is -2.15. The first-order valence-corrected chi connectivity index (χ1v) is 5.55. The van der Waals surface area contributed by atoms with Gasteiger partial charge in [-0.1, -0.05) is 17.7 Å². The summed E-state index contributed by atoms with van der Waals surface area (Å²) >= 11 is 5.64. The van der Waals surface area contributed by atoms with E-state index in [0.29, 0.717) is 17.0 Å². The summed E-state index contributed by atoms with van der Waals surface area (Å²) in [6.45, 7) is 1.86. The first kappa shape index (κ1) is 13.4. The third-order valence-electron chi connectivity index (χ3n) is 2.48. The molecule has 0 spiro atoms. The van der Waals surface area contributed by atoms with E-state index in [1.54, 1.807) is 19.2 Å². The van der Waals surface area contributed by atoms with Crippen LogP contribution in [0, 0.1) is 5.82 Å². The van der Waals surface area contributed by atoms with Crippen LogP contribution in [0.25, 0.3) is 0 Å². The minimum Gasteiger partial charge on any atom is -0.393 e. The van der Waals surface area contributed by atoms with Gasteiger partial charge in [0.25, 0.3) is 0 Å². The highest BCUT2D eigenvalue weighted by atomic mass is 35.5. The summed E-state index contributed by atoms with van der Waals surface area (Å²) in [5.41, 5.74) is 0.472. The maximum Gasteiger partial charge on any atom is 0.127 e. The number of aliphatic hydroxyl groups is 1. The van der Waals surface area contributed by atoms with Crippen LogP contribution in [0.3, 0.4) is 0 Å². The number of aliphatic hydroxyl groups excluding tert-OH is 1. The number of rotatable bonds is 5. The molecule has 2 unspecified atom stereocenters. The molecule has 2 nitrogen and oxygen atoms in total. The Hall–Kier alpha value is -0.640. The molecule has 2 atom stereocenters. The van der Waals surface area contributed by atoms with Crippen molar-refractivity contribution in [3.63, 3.8) is 0 Å². The summed E-state index contributed by atoms with van der Waals surface area (Å²) < 4.78 is 18.4. The van der Waals surface area contributed by atoms with Crippen molar-refractivity contribution < 1.29 is 14.2 Å². The summed E-state index contributed by atoms with van der Waals surface area (Å²) in [5, 5.41) is 10.1. The first-order valence-electron chi connectivity index (χ1n) is 5.17. The Bertz CT molecular complexity index is 344. The second-order valence-electron chi connectivity index (χ2n) is 3.88. The van der Waals surface area contributed by atoms with Crippen molar-refractivity contribution in [3.05, 3.63) is 34.6 Å². The highest BCUT2D eigenvalue weighted by Gasteiger charge is 2.13. The van der Waals surface area contributed by atoms with Crippen molar-refractivity contribution in [2.45, 2.75) is 32.0 Å². The zero-order chi connectivity index (χ0) is 12.1. The Morgan fingerprint density at radius 3 is 2.75 bits per heavy atom. The maximum atomic E-state index is 13.4. The average Bonchev–Trinajstić information content (AvgIpc) is 2.22. The van der Waals surface area contributed by atoms with E-state index in [0.717, 1.165) is 0 Å². The smallest absolute Gasteiger partial charge is 0.127 e. The molecule has 1 rings (SSSR count). The van der Waals surface area contributed by atoms with Gasteiger partial charge in [0.15, 0.2) is 0 Å². The molecule has 16 heavy (non-hydrogen) atoms. The van der Waals surface area contributed by atoms with E-state index in [-0.39, 0.29) is 18.3 Å². The molecule has 0 saturated carbocycles. The van der Waals surface area contributed by atoms with E-state index in [2.05, 4.69) is 0 Å². The van der Waals surface area contributed by atoms with Gasteiger partial charge in [0.05, 0.1) is 12.2 Å². The Morgan fingerprint density at radius 2 is 2.19 bits per heavy atom. The number of hydrogen-bond acceptors (Lipinski definition) is 2. The number of benzene rings is 1. The fourth-order valence-corrected chi connectivity index (χ4v) is 1.66. The topological polar surface area (TPSA) is 29.5 Å². The van der Waals surface area contributed by atoms with E-state index in [1.807, 2.05) is 6.92 Å². The van der Waals surface area contributed by atoms with Crippen LogP contribution in [0.15, 0.2) is 18.2 Å². The molecule has 1 aromatic rings. The van der Waals surface area contributed by atoms with E-state index in [9.17, 15) is 9.50 Å². The lowest BCUT2D eigenvalue weighted by molar-refractivity contribution is 0.0562. The predicted molar refractivity (Wildman–Crippen MR) is 62.2 cm³/mol. The van der Waals surface area contributed by atoms with Gasteiger partial charge in [0, 0.05) is 18.6 Å². The number of hydrogen-bond donors (Lipinski definition) is 1. The zero-order valence-corrected chi connectivity index (χ0v) is 10.2. The van der Waals surface area contributed by atoms with Gasteiger partial charge in [-0.15, -0.1) is 0 Å².